The van der Waals surface area contributed by atoms with E-state index in [1.165, 1.54) is 0 Å². The number of benzene rings is 1. The molecule has 0 atom stereocenters. The number of hydrogen-bond acceptors (Lipinski definition) is 1. The maximum atomic E-state index is 11.6. The summed E-state index contributed by atoms with van der Waals surface area (Å²) in [6, 6.07) is 3.75. The van der Waals surface area contributed by atoms with E-state index in [-0.39, 0.29) is 5.78 Å². The third kappa shape index (κ3) is 2.81. The molecule has 0 amide bonds. The van der Waals surface area contributed by atoms with Gasteiger partial charge in [0.1, 0.15) is 0 Å². The number of carbonyl (C=O) groups is 1. The largest absolute Gasteiger partial charge is 0.294 e. The number of rotatable bonds is 3. The predicted molar refractivity (Wildman–Crippen MR) is 66.2 cm³/mol. The SMILES string of the molecule is Cc1cc(Br)c(C(=O)CCCl)cc1Br. The van der Waals surface area contributed by atoms with Gasteiger partial charge in [0.15, 0.2) is 5.78 Å². The summed E-state index contributed by atoms with van der Waals surface area (Å²) in [5.74, 6) is 0.420. The Morgan fingerprint density at radius 2 is 2.00 bits per heavy atom. The molecule has 0 aliphatic rings. The maximum absolute atomic E-state index is 11.6. The zero-order valence-electron chi connectivity index (χ0n) is 7.61. The van der Waals surface area contributed by atoms with E-state index in [9.17, 15) is 4.79 Å². The normalized spacial score (nSPS) is 10.3. The molecular formula is C10H9Br2ClO. The predicted octanol–water partition coefficient (Wildman–Crippen LogP) is 4.33. The Hall–Kier alpha value is 0.140. The minimum absolute atomic E-state index is 0.0626. The van der Waals surface area contributed by atoms with Crippen LogP contribution in [0.25, 0.3) is 0 Å². The second-order valence-corrected chi connectivity index (χ2v) is 5.03. The number of carbonyl (C=O) groups excluding carboxylic acids is 1. The van der Waals surface area contributed by atoms with Gasteiger partial charge >= 0.3 is 0 Å². The van der Waals surface area contributed by atoms with Crippen LogP contribution in [-0.4, -0.2) is 11.7 Å². The zero-order chi connectivity index (χ0) is 10.7. The fraction of sp³-hybridized carbons (Fsp3) is 0.300. The van der Waals surface area contributed by atoms with Crippen LogP contribution >= 0.6 is 43.5 Å². The quantitative estimate of drug-likeness (QED) is 0.591. The van der Waals surface area contributed by atoms with Gasteiger partial charge in [0.25, 0.3) is 0 Å². The van der Waals surface area contributed by atoms with Crippen molar-refractivity contribution < 1.29 is 4.79 Å². The number of halogens is 3. The molecule has 4 heteroatoms. The summed E-state index contributed by atoms with van der Waals surface area (Å²) in [7, 11) is 0. The third-order valence-electron chi connectivity index (χ3n) is 1.87. The Kier molecular flexibility index (Phi) is 4.61. The van der Waals surface area contributed by atoms with Gasteiger partial charge in [-0.2, -0.15) is 0 Å². The first-order chi connectivity index (χ1) is 6.56. The lowest BCUT2D eigenvalue weighted by Gasteiger charge is -2.05. The molecule has 0 saturated carbocycles. The summed E-state index contributed by atoms with van der Waals surface area (Å²) >= 11 is 12.3. The molecule has 1 rings (SSSR count). The smallest absolute Gasteiger partial charge is 0.165 e. The molecule has 0 aromatic heterocycles. The molecule has 0 aliphatic heterocycles. The van der Waals surface area contributed by atoms with Gasteiger partial charge < -0.3 is 0 Å². The molecule has 1 aromatic carbocycles. The maximum Gasteiger partial charge on any atom is 0.165 e. The monoisotopic (exact) mass is 338 g/mol. The number of alkyl halides is 1. The van der Waals surface area contributed by atoms with E-state index in [1.807, 2.05) is 19.1 Å². The van der Waals surface area contributed by atoms with Gasteiger partial charge in [0.2, 0.25) is 0 Å². The fourth-order valence-electron chi connectivity index (χ4n) is 1.08. The van der Waals surface area contributed by atoms with Crippen molar-refractivity contribution in [3.8, 4) is 0 Å². The van der Waals surface area contributed by atoms with Crippen LogP contribution in [0.5, 0.6) is 0 Å². The first-order valence-corrected chi connectivity index (χ1v) is 6.23. The van der Waals surface area contributed by atoms with Crippen LogP contribution < -0.4 is 0 Å². The van der Waals surface area contributed by atoms with Crippen LogP contribution in [0.4, 0.5) is 0 Å². The van der Waals surface area contributed by atoms with Crippen LogP contribution in [0.2, 0.25) is 0 Å². The average Bonchev–Trinajstić information content (AvgIpc) is 2.11. The van der Waals surface area contributed by atoms with Gasteiger partial charge in [-0.25, -0.2) is 0 Å². The number of hydrogen-bond donors (Lipinski definition) is 0. The molecule has 0 radical (unpaired) electrons. The van der Waals surface area contributed by atoms with Crippen molar-refractivity contribution in [3.63, 3.8) is 0 Å². The van der Waals surface area contributed by atoms with Crippen molar-refractivity contribution in [1.82, 2.24) is 0 Å². The highest BCUT2D eigenvalue weighted by atomic mass is 79.9. The van der Waals surface area contributed by atoms with E-state index in [4.69, 9.17) is 11.6 Å². The molecule has 0 N–H and O–H groups in total. The van der Waals surface area contributed by atoms with Crippen molar-refractivity contribution in [2.24, 2.45) is 0 Å². The first kappa shape index (κ1) is 12.2. The van der Waals surface area contributed by atoms with Gasteiger partial charge in [0.05, 0.1) is 0 Å². The van der Waals surface area contributed by atoms with Gasteiger partial charge in [-0.3, -0.25) is 4.79 Å². The molecule has 76 valence electrons. The number of Topliss-reactive ketones (excluding diaryl/α,β-unsaturated/α-hetero) is 1. The molecule has 0 aliphatic carbocycles. The molecule has 0 unspecified atom stereocenters. The van der Waals surface area contributed by atoms with E-state index < -0.39 is 0 Å². The minimum Gasteiger partial charge on any atom is -0.294 e. The van der Waals surface area contributed by atoms with Crippen LogP contribution in [0.15, 0.2) is 21.1 Å². The molecule has 1 aromatic rings. The van der Waals surface area contributed by atoms with Gasteiger partial charge in [-0.15, -0.1) is 11.6 Å². The second kappa shape index (κ2) is 5.29. The molecule has 0 fully saturated rings. The number of ketones is 1. The molecule has 1 nitrogen and oxygen atoms in total. The standard InChI is InChI=1S/C10H9Br2ClO/c1-6-4-9(12)7(5-8(6)11)10(14)2-3-13/h4-5H,2-3H2,1H3. The van der Waals surface area contributed by atoms with Crippen molar-refractivity contribution in [3.05, 3.63) is 32.2 Å². The molecule has 0 bridgehead atoms. The highest BCUT2D eigenvalue weighted by Crippen LogP contribution is 2.26. The highest BCUT2D eigenvalue weighted by Gasteiger charge is 2.11. The van der Waals surface area contributed by atoms with Crippen molar-refractivity contribution >= 4 is 49.2 Å². The van der Waals surface area contributed by atoms with Crippen molar-refractivity contribution in [1.29, 1.82) is 0 Å². The lowest BCUT2D eigenvalue weighted by molar-refractivity contribution is 0.0988. The number of aryl methyl sites for hydroxylation is 1. The summed E-state index contributed by atoms with van der Waals surface area (Å²) in [6.07, 6.45) is 0.371. The summed E-state index contributed by atoms with van der Waals surface area (Å²) < 4.78 is 1.77. The lowest BCUT2D eigenvalue weighted by atomic mass is 10.1. The Morgan fingerprint density at radius 1 is 1.36 bits per heavy atom. The van der Waals surface area contributed by atoms with E-state index in [1.54, 1.807) is 0 Å². The second-order valence-electron chi connectivity index (χ2n) is 2.94. The summed E-state index contributed by atoms with van der Waals surface area (Å²) in [5.41, 5.74) is 1.78. The Balaban J connectivity index is 3.09. The average molecular weight is 340 g/mol. The van der Waals surface area contributed by atoms with Gasteiger partial charge in [-0.1, -0.05) is 31.9 Å². The van der Waals surface area contributed by atoms with Crippen molar-refractivity contribution in [2.75, 3.05) is 5.88 Å². The Morgan fingerprint density at radius 3 is 2.57 bits per heavy atom. The molecule has 0 spiro atoms. The van der Waals surface area contributed by atoms with E-state index in [0.717, 1.165) is 14.5 Å². The van der Waals surface area contributed by atoms with Crippen molar-refractivity contribution in [2.45, 2.75) is 13.3 Å². The summed E-state index contributed by atoms with van der Waals surface area (Å²) in [4.78, 5) is 11.6. The van der Waals surface area contributed by atoms with Gasteiger partial charge in [0, 0.05) is 26.8 Å². The molecule has 14 heavy (non-hydrogen) atoms. The first-order valence-electron chi connectivity index (χ1n) is 4.11. The Labute approximate surface area is 105 Å². The van der Waals surface area contributed by atoms with Crippen LogP contribution in [0.1, 0.15) is 22.3 Å². The highest BCUT2D eigenvalue weighted by molar-refractivity contribution is 9.11. The third-order valence-corrected chi connectivity index (χ3v) is 3.57. The van der Waals surface area contributed by atoms with Crippen LogP contribution in [0, 0.1) is 6.92 Å². The molecule has 0 saturated heterocycles. The van der Waals surface area contributed by atoms with Crippen LogP contribution in [0.3, 0.4) is 0 Å². The zero-order valence-corrected chi connectivity index (χ0v) is 11.5. The minimum atomic E-state index is 0.0626. The lowest BCUT2D eigenvalue weighted by Crippen LogP contribution is -2.01. The fourth-order valence-corrected chi connectivity index (χ4v) is 2.27. The van der Waals surface area contributed by atoms with E-state index >= 15 is 0 Å². The van der Waals surface area contributed by atoms with Crippen LogP contribution in [-0.2, 0) is 0 Å². The summed E-state index contributed by atoms with van der Waals surface area (Å²) in [6.45, 7) is 1.98. The van der Waals surface area contributed by atoms with E-state index in [2.05, 4.69) is 31.9 Å². The van der Waals surface area contributed by atoms with E-state index in [0.29, 0.717) is 17.9 Å². The Bertz CT molecular complexity index is 363. The molecular weight excluding hydrogens is 331 g/mol. The topological polar surface area (TPSA) is 17.1 Å². The summed E-state index contributed by atoms with van der Waals surface area (Å²) in [5, 5.41) is 0. The van der Waals surface area contributed by atoms with Gasteiger partial charge in [-0.05, 0) is 24.6 Å². The molecule has 0 heterocycles.